The molecule has 2 aromatic rings. The third-order valence-corrected chi connectivity index (χ3v) is 2.97. The molecule has 1 amide bonds. The van der Waals surface area contributed by atoms with Crippen molar-refractivity contribution in [3.63, 3.8) is 0 Å². The molecular formula is C16H18N2O2. The summed E-state index contributed by atoms with van der Waals surface area (Å²) >= 11 is 0. The van der Waals surface area contributed by atoms with Crippen LogP contribution in [0.3, 0.4) is 0 Å². The molecule has 4 heteroatoms. The molecule has 1 N–H and O–H groups in total. The van der Waals surface area contributed by atoms with Crippen LogP contribution < -0.4 is 10.1 Å². The first-order valence-corrected chi connectivity index (χ1v) is 6.51. The van der Waals surface area contributed by atoms with E-state index in [1.54, 1.807) is 12.4 Å². The molecule has 0 aliphatic heterocycles. The first-order chi connectivity index (χ1) is 9.66. The van der Waals surface area contributed by atoms with Gasteiger partial charge in [-0.1, -0.05) is 24.3 Å². The number of aromatic nitrogens is 1. The number of nitrogens with one attached hydrogen (secondary N) is 1. The molecule has 0 fully saturated rings. The number of benzene rings is 1. The highest BCUT2D eigenvalue weighted by atomic mass is 16.5. The Bertz CT molecular complexity index is 562. The third-order valence-electron chi connectivity index (χ3n) is 2.97. The second kappa shape index (κ2) is 6.70. The van der Waals surface area contributed by atoms with E-state index in [0.717, 1.165) is 22.4 Å². The van der Waals surface area contributed by atoms with Crippen LogP contribution in [0.5, 0.6) is 5.75 Å². The molecule has 0 radical (unpaired) electrons. The maximum absolute atomic E-state index is 11.8. The standard InChI is InChI=1S/C16H18N2O2/c1-12-5-3-6-13(2)16(12)20-11-15(19)18-10-14-7-4-8-17-9-14/h3-9H,10-11H2,1-2H3,(H,18,19). The lowest BCUT2D eigenvalue weighted by molar-refractivity contribution is -0.123. The van der Waals surface area contributed by atoms with Crippen LogP contribution in [-0.4, -0.2) is 17.5 Å². The topological polar surface area (TPSA) is 51.2 Å². The van der Waals surface area contributed by atoms with Crippen LogP contribution in [0.1, 0.15) is 16.7 Å². The van der Waals surface area contributed by atoms with Crippen LogP contribution in [0, 0.1) is 13.8 Å². The molecule has 0 unspecified atom stereocenters. The van der Waals surface area contributed by atoms with Crippen molar-refractivity contribution < 1.29 is 9.53 Å². The molecule has 4 nitrogen and oxygen atoms in total. The normalized spacial score (nSPS) is 10.1. The second-order valence-electron chi connectivity index (χ2n) is 4.65. The molecule has 0 saturated carbocycles. The maximum atomic E-state index is 11.8. The summed E-state index contributed by atoms with van der Waals surface area (Å²) in [5.74, 6) is 0.639. The fraction of sp³-hybridized carbons (Fsp3) is 0.250. The Morgan fingerprint density at radius 3 is 2.60 bits per heavy atom. The largest absolute Gasteiger partial charge is 0.483 e. The Kier molecular flexibility index (Phi) is 4.71. The molecule has 0 bridgehead atoms. The number of carbonyl (C=O) groups excluding carboxylic acids is 1. The van der Waals surface area contributed by atoms with Gasteiger partial charge in [0.25, 0.3) is 5.91 Å². The lowest BCUT2D eigenvalue weighted by Crippen LogP contribution is -2.28. The number of aryl methyl sites for hydroxylation is 2. The van der Waals surface area contributed by atoms with E-state index in [1.165, 1.54) is 0 Å². The van der Waals surface area contributed by atoms with Crippen LogP contribution in [-0.2, 0) is 11.3 Å². The van der Waals surface area contributed by atoms with E-state index in [-0.39, 0.29) is 12.5 Å². The lowest BCUT2D eigenvalue weighted by Gasteiger charge is -2.11. The van der Waals surface area contributed by atoms with Crippen LogP contribution in [0.15, 0.2) is 42.7 Å². The van der Waals surface area contributed by atoms with Gasteiger partial charge in [-0.3, -0.25) is 9.78 Å². The van der Waals surface area contributed by atoms with E-state index in [1.807, 2.05) is 44.2 Å². The van der Waals surface area contributed by atoms with Crippen molar-refractivity contribution in [1.82, 2.24) is 10.3 Å². The fourth-order valence-electron chi connectivity index (χ4n) is 1.92. The number of rotatable bonds is 5. The fourth-order valence-corrected chi connectivity index (χ4v) is 1.92. The predicted octanol–water partition coefficient (Wildman–Crippen LogP) is 2.39. The number of amides is 1. The van der Waals surface area contributed by atoms with Gasteiger partial charge in [-0.25, -0.2) is 0 Å². The highest BCUT2D eigenvalue weighted by Gasteiger charge is 2.07. The smallest absolute Gasteiger partial charge is 0.258 e. The van der Waals surface area contributed by atoms with Crippen molar-refractivity contribution in [2.45, 2.75) is 20.4 Å². The molecule has 0 aliphatic rings. The average molecular weight is 270 g/mol. The van der Waals surface area contributed by atoms with Crippen molar-refractivity contribution in [3.8, 4) is 5.75 Å². The van der Waals surface area contributed by atoms with Crippen LogP contribution in [0.25, 0.3) is 0 Å². The first kappa shape index (κ1) is 14.1. The van der Waals surface area contributed by atoms with E-state index in [0.29, 0.717) is 6.54 Å². The summed E-state index contributed by atoms with van der Waals surface area (Å²) in [6.07, 6.45) is 3.43. The molecule has 20 heavy (non-hydrogen) atoms. The first-order valence-electron chi connectivity index (χ1n) is 6.51. The van der Waals surface area contributed by atoms with Gasteiger partial charge in [0.15, 0.2) is 6.61 Å². The van der Waals surface area contributed by atoms with Gasteiger partial charge in [0.05, 0.1) is 0 Å². The van der Waals surface area contributed by atoms with Crippen LogP contribution in [0.2, 0.25) is 0 Å². The quantitative estimate of drug-likeness (QED) is 0.907. The highest BCUT2D eigenvalue weighted by Crippen LogP contribution is 2.21. The van der Waals surface area contributed by atoms with Crippen molar-refractivity contribution in [3.05, 3.63) is 59.4 Å². The Hall–Kier alpha value is -2.36. The van der Waals surface area contributed by atoms with E-state index < -0.39 is 0 Å². The summed E-state index contributed by atoms with van der Waals surface area (Å²) in [6, 6.07) is 9.67. The number of carbonyl (C=O) groups is 1. The minimum atomic E-state index is -0.142. The third kappa shape index (κ3) is 3.82. The van der Waals surface area contributed by atoms with Crippen molar-refractivity contribution in [2.75, 3.05) is 6.61 Å². The van der Waals surface area contributed by atoms with Gasteiger partial charge in [-0.05, 0) is 36.6 Å². The molecule has 0 spiro atoms. The van der Waals surface area contributed by atoms with Crippen LogP contribution in [0.4, 0.5) is 0 Å². The molecule has 1 aromatic heterocycles. The Labute approximate surface area is 118 Å². The number of hydrogen-bond donors (Lipinski definition) is 1. The number of para-hydroxylation sites is 1. The summed E-state index contributed by atoms with van der Waals surface area (Å²) in [5, 5.41) is 2.80. The Morgan fingerprint density at radius 2 is 1.95 bits per heavy atom. The summed E-state index contributed by atoms with van der Waals surface area (Å²) in [6.45, 7) is 4.42. The van der Waals surface area contributed by atoms with Gasteiger partial charge in [0.1, 0.15) is 5.75 Å². The number of nitrogens with zero attached hydrogens (tertiary/aromatic N) is 1. The zero-order valence-corrected chi connectivity index (χ0v) is 11.7. The average Bonchev–Trinajstić information content (AvgIpc) is 2.46. The lowest BCUT2D eigenvalue weighted by atomic mass is 10.1. The van der Waals surface area contributed by atoms with E-state index in [4.69, 9.17) is 4.74 Å². The van der Waals surface area contributed by atoms with Gasteiger partial charge in [0.2, 0.25) is 0 Å². The minimum Gasteiger partial charge on any atom is -0.483 e. The number of hydrogen-bond acceptors (Lipinski definition) is 3. The Balaban J connectivity index is 1.84. The van der Waals surface area contributed by atoms with E-state index >= 15 is 0 Å². The SMILES string of the molecule is Cc1cccc(C)c1OCC(=O)NCc1cccnc1. The monoisotopic (exact) mass is 270 g/mol. The van der Waals surface area contributed by atoms with Crippen LogP contribution >= 0.6 is 0 Å². The van der Waals surface area contributed by atoms with E-state index in [2.05, 4.69) is 10.3 Å². The van der Waals surface area contributed by atoms with Crippen molar-refractivity contribution in [1.29, 1.82) is 0 Å². The molecule has 104 valence electrons. The molecule has 0 aliphatic carbocycles. The Morgan fingerprint density at radius 1 is 1.20 bits per heavy atom. The predicted molar refractivity (Wildman–Crippen MR) is 77.5 cm³/mol. The number of pyridine rings is 1. The molecular weight excluding hydrogens is 252 g/mol. The van der Waals surface area contributed by atoms with Gasteiger partial charge >= 0.3 is 0 Å². The summed E-state index contributed by atoms with van der Waals surface area (Å²) in [7, 11) is 0. The van der Waals surface area contributed by atoms with Gasteiger partial charge in [-0.2, -0.15) is 0 Å². The summed E-state index contributed by atoms with van der Waals surface area (Å²) < 4.78 is 5.59. The van der Waals surface area contributed by atoms with E-state index in [9.17, 15) is 4.79 Å². The molecule has 0 atom stereocenters. The molecule has 1 heterocycles. The highest BCUT2D eigenvalue weighted by molar-refractivity contribution is 5.77. The van der Waals surface area contributed by atoms with Gasteiger partial charge in [0, 0.05) is 18.9 Å². The molecule has 1 aromatic carbocycles. The van der Waals surface area contributed by atoms with Crippen molar-refractivity contribution >= 4 is 5.91 Å². The maximum Gasteiger partial charge on any atom is 0.258 e. The van der Waals surface area contributed by atoms with Gasteiger partial charge in [-0.15, -0.1) is 0 Å². The zero-order valence-electron chi connectivity index (χ0n) is 11.7. The molecule has 0 saturated heterocycles. The van der Waals surface area contributed by atoms with Crippen molar-refractivity contribution in [2.24, 2.45) is 0 Å². The summed E-state index contributed by atoms with van der Waals surface area (Å²) in [5.41, 5.74) is 3.03. The second-order valence-corrected chi connectivity index (χ2v) is 4.65. The number of ether oxygens (including phenoxy) is 1. The van der Waals surface area contributed by atoms with Gasteiger partial charge < -0.3 is 10.1 Å². The zero-order chi connectivity index (χ0) is 14.4. The molecule has 2 rings (SSSR count). The summed E-state index contributed by atoms with van der Waals surface area (Å²) in [4.78, 5) is 15.8. The minimum absolute atomic E-state index is 0.0198.